The van der Waals surface area contributed by atoms with Gasteiger partial charge in [-0.05, 0) is 96.2 Å². The van der Waals surface area contributed by atoms with Crippen molar-refractivity contribution < 1.29 is 10.2 Å². The third-order valence-electron chi connectivity index (χ3n) is 6.31. The molecule has 0 aromatic heterocycles. The number of phenolic OH excluding ortho intramolecular Hbond substituents is 2. The molecule has 4 aromatic carbocycles. The molecule has 0 saturated carbocycles. The molecule has 0 atom stereocenters. The molecule has 2 N–H and O–H groups in total. The lowest BCUT2D eigenvalue weighted by Crippen LogP contribution is -2.08. The van der Waals surface area contributed by atoms with Crippen LogP contribution in [0.4, 0.5) is 0 Å². The summed E-state index contributed by atoms with van der Waals surface area (Å²) < 4.78 is 0. The van der Waals surface area contributed by atoms with E-state index in [2.05, 4.69) is 66.7 Å². The summed E-state index contributed by atoms with van der Waals surface area (Å²) in [6.07, 6.45) is 1.78. The van der Waals surface area contributed by atoms with Gasteiger partial charge < -0.3 is 10.2 Å². The van der Waals surface area contributed by atoms with Crippen molar-refractivity contribution in [1.29, 1.82) is 0 Å². The molecule has 0 saturated heterocycles. The normalized spacial score (nSPS) is 11.4. The predicted molar refractivity (Wildman–Crippen MR) is 129 cm³/mol. The van der Waals surface area contributed by atoms with Crippen LogP contribution in [0.2, 0.25) is 0 Å². The van der Waals surface area contributed by atoms with Gasteiger partial charge in [0.15, 0.2) is 0 Å². The number of aryl methyl sites for hydroxylation is 4. The number of aromatic hydroxyl groups is 2. The Labute approximate surface area is 184 Å². The van der Waals surface area contributed by atoms with Crippen LogP contribution in [0.5, 0.6) is 11.5 Å². The Morgan fingerprint density at radius 1 is 0.581 bits per heavy atom. The zero-order valence-electron chi connectivity index (χ0n) is 18.7. The molecule has 0 aliphatic rings. The van der Waals surface area contributed by atoms with Crippen molar-refractivity contribution in [3.8, 4) is 11.5 Å². The van der Waals surface area contributed by atoms with Gasteiger partial charge in [0.25, 0.3) is 0 Å². The van der Waals surface area contributed by atoms with Crippen LogP contribution in [-0.4, -0.2) is 10.2 Å². The summed E-state index contributed by atoms with van der Waals surface area (Å²) in [4.78, 5) is 0. The number of hydrogen-bond donors (Lipinski definition) is 2. The van der Waals surface area contributed by atoms with Crippen molar-refractivity contribution in [3.05, 3.63) is 106 Å². The van der Waals surface area contributed by atoms with Gasteiger partial charge in [-0.1, -0.05) is 66.7 Å². The number of fused-ring (bicyclic) bond motifs is 1. The Morgan fingerprint density at radius 3 is 1.52 bits per heavy atom. The van der Waals surface area contributed by atoms with E-state index in [9.17, 15) is 10.2 Å². The van der Waals surface area contributed by atoms with Crippen LogP contribution in [0.1, 0.15) is 44.9 Å². The highest BCUT2D eigenvalue weighted by molar-refractivity contribution is 5.83. The third-order valence-corrected chi connectivity index (χ3v) is 6.31. The van der Waals surface area contributed by atoms with Gasteiger partial charge in [0, 0.05) is 0 Å². The van der Waals surface area contributed by atoms with Gasteiger partial charge in [-0.25, -0.2) is 0 Å². The molecule has 0 aliphatic heterocycles. The Balaban J connectivity index is 1.75. The molecule has 0 aliphatic carbocycles. The van der Waals surface area contributed by atoms with Gasteiger partial charge in [-0.15, -0.1) is 0 Å². The van der Waals surface area contributed by atoms with E-state index in [4.69, 9.17) is 0 Å². The largest absolute Gasteiger partial charge is 0.507 e. The van der Waals surface area contributed by atoms with E-state index in [1.54, 1.807) is 0 Å². The number of rotatable bonds is 5. The Kier molecular flexibility index (Phi) is 5.73. The molecule has 2 heteroatoms. The lowest BCUT2D eigenvalue weighted by molar-refractivity contribution is 0.466. The lowest BCUT2D eigenvalue weighted by Gasteiger charge is -2.20. The van der Waals surface area contributed by atoms with Crippen LogP contribution in [-0.2, 0) is 12.8 Å². The van der Waals surface area contributed by atoms with Crippen LogP contribution < -0.4 is 0 Å². The molecule has 0 fully saturated rings. The summed E-state index contributed by atoms with van der Waals surface area (Å²) in [5, 5.41) is 22.9. The maximum absolute atomic E-state index is 10.2. The van der Waals surface area contributed by atoms with Gasteiger partial charge in [-0.2, -0.15) is 0 Å². The summed E-state index contributed by atoms with van der Waals surface area (Å²) in [5.74, 6) is 1.06. The first-order valence-electron chi connectivity index (χ1n) is 10.9. The van der Waals surface area contributed by atoms with Crippen molar-refractivity contribution in [2.45, 2.75) is 46.5 Å². The third kappa shape index (κ3) is 4.44. The molecule has 4 rings (SSSR count). The zero-order chi connectivity index (χ0) is 22.1. The first-order valence-corrected chi connectivity index (χ1v) is 10.9. The molecule has 31 heavy (non-hydrogen) atoms. The minimum Gasteiger partial charge on any atom is -0.507 e. The summed E-state index contributed by atoms with van der Waals surface area (Å²) in [5.41, 5.74) is 7.46. The topological polar surface area (TPSA) is 40.5 Å². The van der Waals surface area contributed by atoms with E-state index < -0.39 is 0 Å². The molecule has 0 heterocycles. The average molecular weight is 411 g/mol. The molecule has 158 valence electrons. The molecule has 4 aromatic rings. The molecule has 0 amide bonds. The second-order valence-corrected chi connectivity index (χ2v) is 8.87. The van der Waals surface area contributed by atoms with E-state index in [0.29, 0.717) is 11.5 Å². The molecule has 2 nitrogen and oxygen atoms in total. The van der Waals surface area contributed by atoms with Crippen molar-refractivity contribution in [2.75, 3.05) is 0 Å². The van der Waals surface area contributed by atoms with Gasteiger partial charge in [0.05, 0.1) is 0 Å². The van der Waals surface area contributed by atoms with E-state index >= 15 is 0 Å². The van der Waals surface area contributed by atoms with Crippen molar-refractivity contribution >= 4 is 10.8 Å². The molecule has 0 unspecified atom stereocenters. The van der Waals surface area contributed by atoms with Crippen molar-refractivity contribution in [1.82, 2.24) is 0 Å². The Morgan fingerprint density at radius 2 is 1.03 bits per heavy atom. The van der Waals surface area contributed by atoms with E-state index in [0.717, 1.165) is 35.1 Å². The molecular formula is C29H30O2. The van der Waals surface area contributed by atoms with E-state index in [1.807, 2.05) is 27.7 Å². The molecule has 0 bridgehead atoms. The first kappa shape index (κ1) is 21.0. The van der Waals surface area contributed by atoms with Gasteiger partial charge >= 0.3 is 0 Å². The monoisotopic (exact) mass is 410 g/mol. The van der Waals surface area contributed by atoms with Crippen LogP contribution in [0.15, 0.2) is 66.7 Å². The van der Waals surface area contributed by atoms with Crippen LogP contribution >= 0.6 is 0 Å². The maximum Gasteiger partial charge on any atom is 0.121 e. The minimum atomic E-state index is 0.288. The highest BCUT2D eigenvalue weighted by Crippen LogP contribution is 2.32. The maximum atomic E-state index is 10.2. The quantitative estimate of drug-likeness (QED) is 0.370. The first-order chi connectivity index (χ1) is 14.8. The summed E-state index contributed by atoms with van der Waals surface area (Å²) >= 11 is 0. The summed E-state index contributed by atoms with van der Waals surface area (Å²) in [6, 6.07) is 23.6. The molecular weight excluding hydrogens is 380 g/mol. The highest BCUT2D eigenvalue weighted by Gasteiger charge is 2.17. The van der Waals surface area contributed by atoms with Crippen molar-refractivity contribution in [2.24, 2.45) is 0 Å². The van der Waals surface area contributed by atoms with Gasteiger partial charge in [-0.3, -0.25) is 0 Å². The van der Waals surface area contributed by atoms with Crippen LogP contribution in [0.25, 0.3) is 10.8 Å². The van der Waals surface area contributed by atoms with E-state index in [-0.39, 0.29) is 5.92 Å². The highest BCUT2D eigenvalue weighted by atomic mass is 16.3. The SMILES string of the molecule is Cc1cc(CC(Cc2cc(C)c(O)c(C)c2)c2ccc3ccccc3c2)cc(C)c1O. The van der Waals surface area contributed by atoms with Gasteiger partial charge in [0.1, 0.15) is 11.5 Å². The zero-order valence-corrected chi connectivity index (χ0v) is 18.7. The van der Waals surface area contributed by atoms with Crippen LogP contribution in [0.3, 0.4) is 0 Å². The Bertz CT molecular complexity index is 1150. The van der Waals surface area contributed by atoms with Crippen molar-refractivity contribution in [3.63, 3.8) is 0 Å². The predicted octanol–water partition coefficient (Wildman–Crippen LogP) is 7.05. The fourth-order valence-electron chi connectivity index (χ4n) is 4.67. The fourth-order valence-corrected chi connectivity index (χ4v) is 4.67. The van der Waals surface area contributed by atoms with E-state index in [1.165, 1.54) is 27.5 Å². The number of phenols is 2. The van der Waals surface area contributed by atoms with Gasteiger partial charge in [0.2, 0.25) is 0 Å². The average Bonchev–Trinajstić information content (AvgIpc) is 2.75. The number of hydrogen-bond acceptors (Lipinski definition) is 2. The fraction of sp³-hybridized carbons (Fsp3) is 0.241. The smallest absolute Gasteiger partial charge is 0.121 e. The second kappa shape index (κ2) is 8.47. The minimum absolute atomic E-state index is 0.288. The second-order valence-electron chi connectivity index (χ2n) is 8.87. The number of benzene rings is 4. The van der Waals surface area contributed by atoms with Crippen LogP contribution in [0, 0.1) is 27.7 Å². The summed E-state index contributed by atoms with van der Waals surface area (Å²) in [6.45, 7) is 7.85. The lowest BCUT2D eigenvalue weighted by atomic mass is 9.84. The standard InChI is InChI=1S/C29H30O2/c1-18-11-22(12-19(2)28(18)30)15-27(16-23-13-20(3)29(31)21(4)14-23)26-10-9-24-7-5-6-8-25(24)17-26/h5-14,17,27,30-31H,15-16H2,1-4H3. The Hall–Kier alpha value is -3.26. The molecule has 0 radical (unpaired) electrons. The summed E-state index contributed by atoms with van der Waals surface area (Å²) in [7, 11) is 0. The molecule has 0 spiro atoms.